The van der Waals surface area contributed by atoms with Crippen LogP contribution in [-0.4, -0.2) is 39.5 Å². The molecule has 0 radical (unpaired) electrons. The van der Waals surface area contributed by atoms with Crippen LogP contribution in [0.15, 0.2) is 70.0 Å². The summed E-state index contributed by atoms with van der Waals surface area (Å²) in [6.07, 6.45) is 1.41. The van der Waals surface area contributed by atoms with Gasteiger partial charge in [-0.2, -0.15) is 0 Å². The highest BCUT2D eigenvalue weighted by molar-refractivity contribution is 8.18. The summed E-state index contributed by atoms with van der Waals surface area (Å²) in [7, 11) is 0. The van der Waals surface area contributed by atoms with Gasteiger partial charge in [-0.15, -0.1) is 0 Å². The number of furan rings is 1. The highest BCUT2D eigenvalue weighted by atomic mass is 35.5. The van der Waals surface area contributed by atoms with Crippen LogP contribution in [0, 0.1) is 0 Å². The number of thioether (sulfide) groups is 1. The fraction of sp³-hybridized carbons (Fsp3) is 0.0435. The van der Waals surface area contributed by atoms with Gasteiger partial charge >= 0.3 is 5.97 Å². The van der Waals surface area contributed by atoms with Gasteiger partial charge in [-0.1, -0.05) is 41.9 Å². The Balaban J connectivity index is 1.53. The molecule has 160 valence electrons. The van der Waals surface area contributed by atoms with Crippen LogP contribution < -0.4 is 0 Å². The summed E-state index contributed by atoms with van der Waals surface area (Å²) in [5.41, 5.74) is 0.842. The van der Waals surface area contributed by atoms with Gasteiger partial charge in [0.05, 0.1) is 22.0 Å². The van der Waals surface area contributed by atoms with E-state index in [1.165, 1.54) is 18.2 Å². The SMILES string of the molecule is O=C(CN1C(=O)S/C(=C/c2ccc(-c3ccc(Cl)c(C(=O)O)c3)o2)C1=O)c1ccccc1. The number of aromatic carboxylic acids is 1. The standard InChI is InChI=1S/C23H14ClNO6S/c24-17-8-6-14(10-16(17)22(28)29)19-9-7-15(31-19)11-20-21(27)25(23(30)32-20)12-18(26)13-4-2-1-3-5-13/h1-11H,12H2,(H,28,29)/b20-11+. The zero-order chi connectivity index (χ0) is 22.8. The number of carboxylic acid groups (broad SMARTS) is 1. The molecule has 0 atom stereocenters. The van der Waals surface area contributed by atoms with Crippen molar-refractivity contribution in [1.82, 2.24) is 4.90 Å². The molecule has 1 aliphatic rings. The highest BCUT2D eigenvalue weighted by Crippen LogP contribution is 2.34. The summed E-state index contributed by atoms with van der Waals surface area (Å²) < 4.78 is 5.70. The predicted molar refractivity (Wildman–Crippen MR) is 120 cm³/mol. The number of hydrogen-bond acceptors (Lipinski definition) is 6. The Morgan fingerprint density at radius 2 is 1.81 bits per heavy atom. The van der Waals surface area contributed by atoms with Gasteiger partial charge in [-0.3, -0.25) is 19.3 Å². The number of benzene rings is 2. The number of nitrogens with zero attached hydrogens (tertiary/aromatic N) is 1. The van der Waals surface area contributed by atoms with Crippen LogP contribution in [0.3, 0.4) is 0 Å². The summed E-state index contributed by atoms with van der Waals surface area (Å²) in [5.74, 6) is -1.42. The molecule has 1 fully saturated rings. The average Bonchev–Trinajstić information content (AvgIpc) is 3.35. The first kappa shape index (κ1) is 21.6. The molecule has 32 heavy (non-hydrogen) atoms. The van der Waals surface area contributed by atoms with Crippen molar-refractivity contribution in [3.63, 3.8) is 0 Å². The summed E-state index contributed by atoms with van der Waals surface area (Å²) in [5, 5.41) is 8.78. The number of carboxylic acids is 1. The molecule has 2 heterocycles. The molecule has 0 bridgehead atoms. The van der Waals surface area contributed by atoms with E-state index in [9.17, 15) is 24.3 Å². The van der Waals surface area contributed by atoms with Crippen molar-refractivity contribution in [3.05, 3.63) is 87.5 Å². The number of halogens is 1. The van der Waals surface area contributed by atoms with Crippen molar-refractivity contribution >= 4 is 52.3 Å². The van der Waals surface area contributed by atoms with Crippen LogP contribution in [0.5, 0.6) is 0 Å². The maximum atomic E-state index is 12.7. The van der Waals surface area contributed by atoms with Gasteiger partial charge in [0.2, 0.25) is 0 Å². The van der Waals surface area contributed by atoms with E-state index >= 15 is 0 Å². The Bertz CT molecular complexity index is 1280. The van der Waals surface area contributed by atoms with Crippen LogP contribution in [0.2, 0.25) is 5.02 Å². The molecule has 3 aromatic rings. The number of imide groups is 1. The molecule has 1 N–H and O–H groups in total. The molecule has 1 saturated heterocycles. The van der Waals surface area contributed by atoms with Crippen LogP contribution in [0.25, 0.3) is 17.4 Å². The molecule has 0 unspecified atom stereocenters. The van der Waals surface area contributed by atoms with E-state index in [0.29, 0.717) is 22.6 Å². The number of carbonyl (C=O) groups is 4. The van der Waals surface area contributed by atoms with E-state index < -0.39 is 17.1 Å². The Morgan fingerprint density at radius 1 is 1.06 bits per heavy atom. The van der Waals surface area contributed by atoms with Crippen LogP contribution in [-0.2, 0) is 4.79 Å². The van der Waals surface area contributed by atoms with Gasteiger partial charge in [-0.05, 0) is 42.1 Å². The zero-order valence-corrected chi connectivity index (χ0v) is 17.9. The Labute approximate surface area is 191 Å². The number of hydrogen-bond donors (Lipinski definition) is 1. The molecule has 9 heteroatoms. The largest absolute Gasteiger partial charge is 0.478 e. The van der Waals surface area contributed by atoms with Crippen molar-refractivity contribution in [2.24, 2.45) is 0 Å². The molecule has 2 amide bonds. The molecule has 0 saturated carbocycles. The fourth-order valence-electron chi connectivity index (χ4n) is 3.05. The lowest BCUT2D eigenvalue weighted by Gasteiger charge is -2.11. The smallest absolute Gasteiger partial charge is 0.337 e. The predicted octanol–water partition coefficient (Wildman–Crippen LogP) is 5.22. The lowest BCUT2D eigenvalue weighted by atomic mass is 10.1. The molecule has 1 aliphatic heterocycles. The minimum Gasteiger partial charge on any atom is -0.478 e. The maximum Gasteiger partial charge on any atom is 0.337 e. The Morgan fingerprint density at radius 3 is 2.53 bits per heavy atom. The number of Topliss-reactive ketones (excluding diaryl/α,β-unsaturated/α-hetero) is 1. The lowest BCUT2D eigenvalue weighted by molar-refractivity contribution is -0.122. The first-order chi connectivity index (χ1) is 15.3. The second-order valence-electron chi connectivity index (χ2n) is 6.76. The lowest BCUT2D eigenvalue weighted by Crippen LogP contribution is -2.33. The normalized spacial score (nSPS) is 14.9. The third-order valence-electron chi connectivity index (χ3n) is 4.65. The quantitative estimate of drug-likeness (QED) is 0.391. The van der Waals surface area contributed by atoms with Gasteiger partial charge in [0, 0.05) is 17.2 Å². The first-order valence-corrected chi connectivity index (χ1v) is 10.5. The van der Waals surface area contributed by atoms with Crippen molar-refractivity contribution < 1.29 is 28.7 Å². The minimum absolute atomic E-state index is 0.0636. The monoisotopic (exact) mass is 467 g/mol. The number of rotatable bonds is 6. The summed E-state index contributed by atoms with van der Waals surface area (Å²) >= 11 is 6.61. The van der Waals surface area contributed by atoms with Crippen LogP contribution >= 0.6 is 23.4 Å². The second kappa shape index (κ2) is 8.86. The molecule has 0 spiro atoms. The van der Waals surface area contributed by atoms with Gasteiger partial charge in [-0.25, -0.2) is 4.79 Å². The third-order valence-corrected chi connectivity index (χ3v) is 5.89. The molecule has 4 rings (SSSR count). The van der Waals surface area contributed by atoms with E-state index in [1.54, 1.807) is 48.5 Å². The second-order valence-corrected chi connectivity index (χ2v) is 8.16. The molecule has 7 nitrogen and oxygen atoms in total. The van der Waals surface area contributed by atoms with E-state index in [0.717, 1.165) is 16.7 Å². The number of amides is 2. The van der Waals surface area contributed by atoms with Crippen molar-refractivity contribution in [2.45, 2.75) is 0 Å². The van der Waals surface area contributed by atoms with E-state index in [4.69, 9.17) is 16.0 Å². The van der Waals surface area contributed by atoms with Gasteiger partial charge in [0.25, 0.3) is 11.1 Å². The van der Waals surface area contributed by atoms with Crippen LogP contribution in [0.4, 0.5) is 4.79 Å². The molecule has 2 aromatic carbocycles. The van der Waals surface area contributed by atoms with Crippen LogP contribution in [0.1, 0.15) is 26.5 Å². The molecular weight excluding hydrogens is 454 g/mol. The molecule has 1 aromatic heterocycles. The Kier molecular flexibility index (Phi) is 5.98. The van der Waals surface area contributed by atoms with E-state index in [-0.39, 0.29) is 27.8 Å². The molecule has 0 aliphatic carbocycles. The molecular formula is C23H14ClNO6S. The minimum atomic E-state index is -1.16. The van der Waals surface area contributed by atoms with Gasteiger partial charge in [0.15, 0.2) is 5.78 Å². The summed E-state index contributed by atoms with van der Waals surface area (Å²) in [6, 6.07) is 16.1. The average molecular weight is 468 g/mol. The number of carbonyl (C=O) groups excluding carboxylic acids is 3. The third kappa shape index (κ3) is 4.37. The highest BCUT2D eigenvalue weighted by Gasteiger charge is 2.36. The van der Waals surface area contributed by atoms with Crippen molar-refractivity contribution in [3.8, 4) is 11.3 Å². The first-order valence-electron chi connectivity index (χ1n) is 9.30. The van der Waals surface area contributed by atoms with Crippen molar-refractivity contribution in [2.75, 3.05) is 6.54 Å². The summed E-state index contributed by atoms with van der Waals surface area (Å²) in [4.78, 5) is 49.6. The van der Waals surface area contributed by atoms with Gasteiger partial charge < -0.3 is 9.52 Å². The maximum absolute atomic E-state index is 12.7. The zero-order valence-electron chi connectivity index (χ0n) is 16.3. The Hall–Kier alpha value is -3.62. The van der Waals surface area contributed by atoms with E-state index in [2.05, 4.69) is 0 Å². The van der Waals surface area contributed by atoms with Gasteiger partial charge in [0.1, 0.15) is 11.5 Å². The summed E-state index contributed by atoms with van der Waals surface area (Å²) in [6.45, 7) is -0.349. The van der Waals surface area contributed by atoms with E-state index in [1.807, 2.05) is 0 Å². The topological polar surface area (TPSA) is 105 Å². The van der Waals surface area contributed by atoms with Crippen molar-refractivity contribution in [1.29, 1.82) is 0 Å². The number of ketones is 1. The fourth-order valence-corrected chi connectivity index (χ4v) is 4.07.